The lowest BCUT2D eigenvalue weighted by atomic mass is 9.91. The summed E-state index contributed by atoms with van der Waals surface area (Å²) in [6.45, 7) is 6.09. The van der Waals surface area contributed by atoms with E-state index >= 15 is 0 Å². The van der Waals surface area contributed by atoms with Crippen LogP contribution >= 0.6 is 0 Å². The fourth-order valence-corrected chi connectivity index (χ4v) is 2.05. The average Bonchev–Trinajstić information content (AvgIpc) is 2.35. The number of rotatable bonds is 6. The van der Waals surface area contributed by atoms with E-state index in [9.17, 15) is 9.90 Å². The number of carbonyl (C=O) groups is 1. The number of aliphatic hydroxyl groups excluding tert-OH is 1. The van der Waals surface area contributed by atoms with E-state index in [1.54, 1.807) is 6.92 Å². The Morgan fingerprint density at radius 2 is 2.11 bits per heavy atom. The first-order valence-electron chi connectivity index (χ1n) is 6.51. The van der Waals surface area contributed by atoms with Crippen molar-refractivity contribution in [1.82, 2.24) is 0 Å². The molecule has 2 atom stereocenters. The molecule has 2 unspecified atom stereocenters. The molecular weight excluding hydrogens is 228 g/mol. The number of hydrogen-bond acceptors (Lipinski definition) is 3. The third-order valence-corrected chi connectivity index (χ3v) is 2.95. The lowest BCUT2D eigenvalue weighted by Gasteiger charge is -2.21. The lowest BCUT2D eigenvalue weighted by molar-refractivity contribution is -0.152. The van der Waals surface area contributed by atoms with Crippen LogP contribution in [0.4, 0.5) is 0 Å². The Hall–Kier alpha value is -1.35. The maximum Gasteiger partial charge on any atom is 0.311 e. The van der Waals surface area contributed by atoms with Gasteiger partial charge in [0.05, 0.1) is 18.6 Å². The van der Waals surface area contributed by atoms with Crippen molar-refractivity contribution >= 4 is 5.97 Å². The summed E-state index contributed by atoms with van der Waals surface area (Å²) < 4.78 is 5.03. The number of aryl methyl sites for hydroxylation is 1. The molecule has 0 radical (unpaired) electrons. The number of carbonyl (C=O) groups excluding carboxylic acids is 1. The summed E-state index contributed by atoms with van der Waals surface area (Å²) >= 11 is 0. The molecule has 1 rings (SSSR count). The zero-order valence-electron chi connectivity index (χ0n) is 11.3. The molecule has 1 aromatic carbocycles. The van der Waals surface area contributed by atoms with Crippen molar-refractivity contribution in [2.45, 2.75) is 39.7 Å². The Bertz CT molecular complexity index is 387. The van der Waals surface area contributed by atoms with Gasteiger partial charge in [-0.25, -0.2) is 0 Å². The summed E-state index contributed by atoms with van der Waals surface area (Å²) in [4.78, 5) is 11.9. The molecule has 0 bridgehead atoms. The van der Waals surface area contributed by atoms with E-state index in [0.29, 0.717) is 13.0 Å². The second kappa shape index (κ2) is 7.17. The predicted molar refractivity (Wildman–Crippen MR) is 71.2 cm³/mol. The van der Waals surface area contributed by atoms with Crippen LogP contribution in [0.25, 0.3) is 0 Å². The molecule has 3 nitrogen and oxygen atoms in total. The van der Waals surface area contributed by atoms with Gasteiger partial charge < -0.3 is 9.84 Å². The van der Waals surface area contributed by atoms with Gasteiger partial charge in [-0.05, 0) is 25.8 Å². The molecule has 3 heteroatoms. The highest BCUT2D eigenvalue weighted by atomic mass is 16.5. The van der Waals surface area contributed by atoms with Gasteiger partial charge in [-0.2, -0.15) is 0 Å². The van der Waals surface area contributed by atoms with Gasteiger partial charge in [0, 0.05) is 0 Å². The van der Waals surface area contributed by atoms with E-state index in [-0.39, 0.29) is 5.97 Å². The van der Waals surface area contributed by atoms with Crippen LogP contribution in [0.15, 0.2) is 24.3 Å². The van der Waals surface area contributed by atoms with Crippen LogP contribution in [-0.4, -0.2) is 17.7 Å². The quantitative estimate of drug-likeness (QED) is 0.789. The molecule has 1 N–H and O–H groups in total. The SMILES string of the molecule is CCCC(C(=O)OCC)C(O)c1cccc(C)c1. The smallest absolute Gasteiger partial charge is 0.311 e. The van der Waals surface area contributed by atoms with E-state index in [4.69, 9.17) is 4.74 Å². The van der Waals surface area contributed by atoms with Crippen molar-refractivity contribution in [1.29, 1.82) is 0 Å². The Morgan fingerprint density at radius 3 is 2.67 bits per heavy atom. The normalized spacial score (nSPS) is 14.0. The standard InChI is InChI=1S/C15H22O3/c1-4-7-13(15(17)18-5-2)14(16)12-9-6-8-11(3)10-12/h6,8-10,13-14,16H,4-5,7H2,1-3H3. The molecule has 1 aromatic rings. The van der Waals surface area contributed by atoms with Crippen molar-refractivity contribution in [2.24, 2.45) is 5.92 Å². The Kier molecular flexibility index (Phi) is 5.86. The minimum Gasteiger partial charge on any atom is -0.466 e. The van der Waals surface area contributed by atoms with E-state index < -0.39 is 12.0 Å². The predicted octanol–water partition coefficient (Wildman–Crippen LogP) is 3.01. The summed E-state index contributed by atoms with van der Waals surface area (Å²) in [5, 5.41) is 10.3. The summed E-state index contributed by atoms with van der Waals surface area (Å²) in [7, 11) is 0. The highest BCUT2D eigenvalue weighted by Gasteiger charge is 2.28. The second-order valence-corrected chi connectivity index (χ2v) is 4.51. The fourth-order valence-electron chi connectivity index (χ4n) is 2.05. The number of benzene rings is 1. The van der Waals surface area contributed by atoms with E-state index in [2.05, 4.69) is 0 Å². The first kappa shape index (κ1) is 14.7. The van der Waals surface area contributed by atoms with Crippen molar-refractivity contribution in [2.75, 3.05) is 6.61 Å². The van der Waals surface area contributed by atoms with Gasteiger partial charge in [0.2, 0.25) is 0 Å². The Labute approximate surface area is 109 Å². The van der Waals surface area contributed by atoms with E-state index in [1.165, 1.54) is 0 Å². The van der Waals surface area contributed by atoms with E-state index in [0.717, 1.165) is 17.5 Å². The Morgan fingerprint density at radius 1 is 1.39 bits per heavy atom. The van der Waals surface area contributed by atoms with Crippen LogP contribution in [-0.2, 0) is 9.53 Å². The first-order chi connectivity index (χ1) is 8.60. The maximum atomic E-state index is 11.9. The second-order valence-electron chi connectivity index (χ2n) is 4.51. The third kappa shape index (κ3) is 3.84. The van der Waals surface area contributed by atoms with Crippen LogP contribution in [0, 0.1) is 12.8 Å². The highest BCUT2D eigenvalue weighted by molar-refractivity contribution is 5.73. The molecule has 18 heavy (non-hydrogen) atoms. The highest BCUT2D eigenvalue weighted by Crippen LogP contribution is 2.27. The average molecular weight is 250 g/mol. The fraction of sp³-hybridized carbons (Fsp3) is 0.533. The number of aliphatic hydroxyl groups is 1. The van der Waals surface area contributed by atoms with Gasteiger partial charge in [0.15, 0.2) is 0 Å². The molecule has 100 valence electrons. The topological polar surface area (TPSA) is 46.5 Å². The van der Waals surface area contributed by atoms with Gasteiger partial charge in [-0.3, -0.25) is 4.79 Å². The molecule has 0 heterocycles. The number of ether oxygens (including phenoxy) is 1. The van der Waals surface area contributed by atoms with Crippen LogP contribution in [0.3, 0.4) is 0 Å². The van der Waals surface area contributed by atoms with Crippen molar-refractivity contribution in [3.8, 4) is 0 Å². The molecule has 0 aliphatic carbocycles. The first-order valence-corrected chi connectivity index (χ1v) is 6.51. The van der Waals surface area contributed by atoms with Gasteiger partial charge in [-0.15, -0.1) is 0 Å². The van der Waals surface area contributed by atoms with Gasteiger partial charge in [0.25, 0.3) is 0 Å². The molecule has 0 amide bonds. The van der Waals surface area contributed by atoms with Crippen LogP contribution < -0.4 is 0 Å². The molecule has 0 aliphatic rings. The zero-order valence-corrected chi connectivity index (χ0v) is 11.3. The minimum atomic E-state index is -0.788. The Balaban J connectivity index is 2.88. The zero-order chi connectivity index (χ0) is 13.5. The molecule has 0 spiro atoms. The third-order valence-electron chi connectivity index (χ3n) is 2.95. The summed E-state index contributed by atoms with van der Waals surface area (Å²) in [5.74, 6) is -0.787. The minimum absolute atomic E-state index is 0.312. The number of esters is 1. The lowest BCUT2D eigenvalue weighted by Crippen LogP contribution is -2.24. The molecule has 0 fully saturated rings. The molecule has 0 saturated heterocycles. The van der Waals surface area contributed by atoms with Gasteiger partial charge >= 0.3 is 5.97 Å². The molecule has 0 saturated carbocycles. The molecular formula is C15H22O3. The number of hydrogen-bond donors (Lipinski definition) is 1. The summed E-state index contributed by atoms with van der Waals surface area (Å²) in [5.41, 5.74) is 1.85. The van der Waals surface area contributed by atoms with Crippen LogP contribution in [0.2, 0.25) is 0 Å². The monoisotopic (exact) mass is 250 g/mol. The van der Waals surface area contributed by atoms with Crippen LogP contribution in [0.5, 0.6) is 0 Å². The van der Waals surface area contributed by atoms with Crippen molar-refractivity contribution < 1.29 is 14.6 Å². The van der Waals surface area contributed by atoms with E-state index in [1.807, 2.05) is 38.1 Å². The largest absolute Gasteiger partial charge is 0.466 e. The summed E-state index contributed by atoms with van der Waals surface area (Å²) in [6, 6.07) is 7.61. The van der Waals surface area contributed by atoms with Gasteiger partial charge in [0.1, 0.15) is 0 Å². The molecule has 0 aliphatic heterocycles. The van der Waals surface area contributed by atoms with Crippen molar-refractivity contribution in [3.63, 3.8) is 0 Å². The summed E-state index contributed by atoms with van der Waals surface area (Å²) in [6.07, 6.45) is 0.684. The maximum absolute atomic E-state index is 11.9. The molecule has 0 aromatic heterocycles. The van der Waals surface area contributed by atoms with Crippen LogP contribution in [0.1, 0.15) is 43.9 Å². The van der Waals surface area contributed by atoms with Crippen molar-refractivity contribution in [3.05, 3.63) is 35.4 Å². The van der Waals surface area contributed by atoms with Gasteiger partial charge in [-0.1, -0.05) is 43.2 Å².